The molecule has 1 unspecified atom stereocenters. The fourth-order valence-corrected chi connectivity index (χ4v) is 0.671. The fraction of sp³-hybridized carbons (Fsp3) is 0.600. The summed E-state index contributed by atoms with van der Waals surface area (Å²) in [5.41, 5.74) is 0. The predicted molar refractivity (Wildman–Crippen MR) is 27.7 cm³/mol. The Bertz CT molecular complexity index is 163. The summed E-state index contributed by atoms with van der Waals surface area (Å²) in [4.78, 5) is 20.8. The molecule has 5 nitrogen and oxygen atoms in total. The van der Waals surface area contributed by atoms with Gasteiger partial charge in [-0.2, -0.15) is 0 Å². The van der Waals surface area contributed by atoms with Crippen molar-refractivity contribution in [2.45, 2.75) is 12.5 Å². The molecule has 1 atom stereocenters. The Balaban J connectivity index is 2.46. The van der Waals surface area contributed by atoms with Gasteiger partial charge in [-0.25, -0.2) is 4.79 Å². The quantitative estimate of drug-likeness (QED) is 0.301. The van der Waals surface area contributed by atoms with Gasteiger partial charge < -0.3 is 14.6 Å². The molecule has 56 valence electrons. The van der Waals surface area contributed by atoms with Gasteiger partial charge >= 0.3 is 11.9 Å². The Hall–Kier alpha value is -0.940. The lowest BCUT2D eigenvalue weighted by Crippen LogP contribution is -2.18. The molecule has 1 aliphatic rings. The highest BCUT2D eigenvalue weighted by atomic mass is 16.6. The van der Waals surface area contributed by atoms with Crippen molar-refractivity contribution in [3.05, 3.63) is 0 Å². The lowest BCUT2D eigenvalue weighted by molar-refractivity contribution is -0.157. The normalized spacial score (nSPS) is 25.1. The van der Waals surface area contributed by atoms with E-state index in [4.69, 9.17) is 5.11 Å². The number of carbonyl (C=O) groups is 2. The zero-order valence-corrected chi connectivity index (χ0v) is 5.07. The van der Waals surface area contributed by atoms with Gasteiger partial charge in [0.2, 0.25) is 0 Å². The lowest BCUT2D eigenvalue weighted by atomic mass is 10.3. The molecule has 1 fully saturated rings. The molecule has 10 heavy (non-hydrogen) atoms. The Labute approximate surface area is 56.5 Å². The lowest BCUT2D eigenvalue weighted by Gasteiger charge is -2.00. The van der Waals surface area contributed by atoms with Crippen molar-refractivity contribution >= 4 is 11.9 Å². The highest BCUT2D eigenvalue weighted by Crippen LogP contribution is 2.10. The molecular weight excluding hydrogens is 140 g/mol. The minimum Gasteiger partial charge on any atom is -0.391 e. The Kier molecular flexibility index (Phi) is 1.98. The Morgan fingerprint density at radius 1 is 1.70 bits per heavy atom. The Morgan fingerprint density at radius 2 is 2.40 bits per heavy atom. The van der Waals surface area contributed by atoms with Gasteiger partial charge in [0.1, 0.15) is 6.79 Å². The molecule has 0 aliphatic carbocycles. The van der Waals surface area contributed by atoms with Crippen LogP contribution in [0.5, 0.6) is 0 Å². The number of hydrogen-bond acceptors (Lipinski definition) is 5. The van der Waals surface area contributed by atoms with Crippen LogP contribution in [0.1, 0.15) is 6.42 Å². The molecular formula is C5H6O5. The largest absolute Gasteiger partial charge is 0.391 e. The van der Waals surface area contributed by atoms with Gasteiger partial charge in [-0.05, 0) is 0 Å². The number of rotatable bonds is 2. The first kappa shape index (κ1) is 7.17. The smallest absolute Gasteiger partial charge is 0.343 e. The second-order valence-corrected chi connectivity index (χ2v) is 1.78. The van der Waals surface area contributed by atoms with E-state index >= 15 is 0 Å². The molecule has 5 heteroatoms. The maximum Gasteiger partial charge on any atom is 0.343 e. The van der Waals surface area contributed by atoms with Crippen LogP contribution in [0.25, 0.3) is 0 Å². The van der Waals surface area contributed by atoms with Crippen molar-refractivity contribution in [1.29, 1.82) is 0 Å². The molecule has 0 amide bonds. The molecule has 1 saturated heterocycles. The standard InChI is InChI=1S/C5H6O5/c6-2-9-3-1-4(7)10-5(3)8/h3,6H,1-2H2. The minimum absolute atomic E-state index is 0.0978. The number of ether oxygens (including phenoxy) is 2. The predicted octanol–water partition coefficient (Wildman–Crippen LogP) is -1.21. The van der Waals surface area contributed by atoms with Crippen LogP contribution in [0.2, 0.25) is 0 Å². The van der Waals surface area contributed by atoms with Crippen molar-refractivity contribution in [2.24, 2.45) is 0 Å². The van der Waals surface area contributed by atoms with Gasteiger partial charge in [0, 0.05) is 0 Å². The van der Waals surface area contributed by atoms with Crippen molar-refractivity contribution < 1.29 is 24.2 Å². The summed E-state index contributed by atoms with van der Waals surface area (Å²) in [5, 5.41) is 8.19. The first-order valence-corrected chi connectivity index (χ1v) is 2.71. The van der Waals surface area contributed by atoms with E-state index in [1.54, 1.807) is 0 Å². The van der Waals surface area contributed by atoms with E-state index in [0.717, 1.165) is 0 Å². The SMILES string of the molecule is O=C1CC(OCO)C(=O)O1. The van der Waals surface area contributed by atoms with Crippen molar-refractivity contribution in [2.75, 3.05) is 6.79 Å². The van der Waals surface area contributed by atoms with Gasteiger partial charge in [-0.1, -0.05) is 0 Å². The highest BCUT2D eigenvalue weighted by Gasteiger charge is 2.33. The fourth-order valence-electron chi connectivity index (χ4n) is 0.671. The summed E-state index contributed by atoms with van der Waals surface area (Å²) in [7, 11) is 0. The summed E-state index contributed by atoms with van der Waals surface area (Å²) in [6.45, 7) is -0.576. The number of carbonyl (C=O) groups excluding carboxylic acids is 2. The minimum atomic E-state index is -0.905. The van der Waals surface area contributed by atoms with Crippen LogP contribution in [-0.4, -0.2) is 29.9 Å². The second kappa shape index (κ2) is 2.76. The maximum absolute atomic E-state index is 10.5. The van der Waals surface area contributed by atoms with Crippen LogP contribution in [-0.2, 0) is 19.1 Å². The summed E-state index contributed by atoms with van der Waals surface area (Å²) < 4.78 is 8.56. The first-order chi connectivity index (χ1) is 4.74. The average Bonchev–Trinajstić information content (AvgIpc) is 2.13. The highest BCUT2D eigenvalue weighted by molar-refractivity contribution is 5.96. The second-order valence-electron chi connectivity index (χ2n) is 1.78. The van der Waals surface area contributed by atoms with Crippen LogP contribution in [0.3, 0.4) is 0 Å². The summed E-state index contributed by atoms with van der Waals surface area (Å²) >= 11 is 0. The molecule has 1 heterocycles. The zero-order valence-electron chi connectivity index (χ0n) is 5.07. The van der Waals surface area contributed by atoms with Crippen molar-refractivity contribution in [1.82, 2.24) is 0 Å². The third-order valence-electron chi connectivity index (χ3n) is 1.11. The van der Waals surface area contributed by atoms with Crippen molar-refractivity contribution in [3.63, 3.8) is 0 Å². The number of aliphatic hydroxyl groups excluding tert-OH is 1. The van der Waals surface area contributed by atoms with E-state index in [2.05, 4.69) is 9.47 Å². The molecule has 0 aromatic carbocycles. The van der Waals surface area contributed by atoms with Crippen LogP contribution >= 0.6 is 0 Å². The zero-order chi connectivity index (χ0) is 7.56. The molecule has 0 aromatic rings. The van der Waals surface area contributed by atoms with Crippen LogP contribution in [0, 0.1) is 0 Å². The van der Waals surface area contributed by atoms with Gasteiger partial charge in [-0.15, -0.1) is 0 Å². The molecule has 0 saturated carbocycles. The molecule has 1 aliphatic heterocycles. The van der Waals surface area contributed by atoms with E-state index in [9.17, 15) is 9.59 Å². The maximum atomic E-state index is 10.5. The van der Waals surface area contributed by atoms with E-state index in [-0.39, 0.29) is 6.42 Å². The third kappa shape index (κ3) is 1.31. The molecule has 0 bridgehead atoms. The van der Waals surface area contributed by atoms with Gasteiger partial charge in [0.25, 0.3) is 0 Å². The first-order valence-electron chi connectivity index (χ1n) is 2.71. The number of hydrogen-bond donors (Lipinski definition) is 1. The van der Waals surface area contributed by atoms with E-state index in [1.807, 2.05) is 0 Å². The van der Waals surface area contributed by atoms with Crippen LogP contribution in [0.4, 0.5) is 0 Å². The van der Waals surface area contributed by atoms with E-state index < -0.39 is 24.8 Å². The van der Waals surface area contributed by atoms with Gasteiger partial charge in [-0.3, -0.25) is 4.79 Å². The van der Waals surface area contributed by atoms with Crippen LogP contribution < -0.4 is 0 Å². The summed E-state index contributed by atoms with van der Waals surface area (Å²) in [6.07, 6.45) is -1.00. The Morgan fingerprint density at radius 3 is 2.80 bits per heavy atom. The molecule has 0 spiro atoms. The van der Waals surface area contributed by atoms with E-state index in [0.29, 0.717) is 0 Å². The summed E-state index contributed by atoms with van der Waals surface area (Å²) in [5.74, 6) is -1.33. The molecule has 1 N–H and O–H groups in total. The number of esters is 2. The van der Waals surface area contributed by atoms with Crippen LogP contribution in [0.15, 0.2) is 0 Å². The van der Waals surface area contributed by atoms with Gasteiger partial charge in [0.15, 0.2) is 6.10 Å². The van der Waals surface area contributed by atoms with Gasteiger partial charge in [0.05, 0.1) is 6.42 Å². The average molecular weight is 146 g/mol. The third-order valence-corrected chi connectivity index (χ3v) is 1.11. The topological polar surface area (TPSA) is 72.8 Å². The molecule has 1 rings (SSSR count). The number of aliphatic hydroxyl groups is 1. The van der Waals surface area contributed by atoms with E-state index in [1.165, 1.54) is 0 Å². The monoisotopic (exact) mass is 146 g/mol. The van der Waals surface area contributed by atoms with Crippen molar-refractivity contribution in [3.8, 4) is 0 Å². The summed E-state index contributed by atoms with van der Waals surface area (Å²) in [6, 6.07) is 0. The number of cyclic esters (lactones) is 2. The molecule has 0 aromatic heterocycles. The molecule has 0 radical (unpaired) electrons.